The van der Waals surface area contributed by atoms with Crippen LogP contribution in [0.2, 0.25) is 0 Å². The Hall–Kier alpha value is -1.51. The molecule has 2 aromatic heterocycles. The normalized spacial score (nSPS) is 11.3. The lowest BCUT2D eigenvalue weighted by atomic mass is 10.2. The van der Waals surface area contributed by atoms with Crippen LogP contribution in [0, 0.1) is 5.82 Å². The molecule has 5 nitrogen and oxygen atoms in total. The lowest BCUT2D eigenvalue weighted by molar-refractivity contribution is 0.0947. The fraction of sp³-hybridized carbons (Fsp3) is 0.0909. The van der Waals surface area contributed by atoms with Crippen molar-refractivity contribution in [3.8, 4) is 0 Å². The summed E-state index contributed by atoms with van der Waals surface area (Å²) >= 11 is 0.940. The molecule has 0 aliphatic rings. The van der Waals surface area contributed by atoms with Crippen molar-refractivity contribution >= 4 is 37.0 Å². The Morgan fingerprint density at radius 2 is 2.15 bits per heavy atom. The number of carbonyl (C=O) groups is 1. The van der Waals surface area contributed by atoms with Gasteiger partial charge in [0.2, 0.25) is 0 Å². The van der Waals surface area contributed by atoms with Gasteiger partial charge in [0.1, 0.15) is 4.21 Å². The van der Waals surface area contributed by atoms with Crippen molar-refractivity contribution in [3.05, 3.63) is 46.9 Å². The van der Waals surface area contributed by atoms with Crippen molar-refractivity contribution in [2.75, 3.05) is 0 Å². The number of aromatic nitrogens is 1. The molecule has 0 fully saturated rings. The second kappa shape index (κ2) is 5.86. The van der Waals surface area contributed by atoms with Crippen molar-refractivity contribution in [2.24, 2.45) is 0 Å². The first-order valence-electron chi connectivity index (χ1n) is 5.29. The molecule has 0 atom stereocenters. The molecule has 1 N–H and O–H groups in total. The molecule has 0 radical (unpaired) electrons. The van der Waals surface area contributed by atoms with Gasteiger partial charge < -0.3 is 5.32 Å². The minimum Gasteiger partial charge on any atom is -0.347 e. The highest BCUT2D eigenvalue weighted by molar-refractivity contribution is 8.15. The summed E-state index contributed by atoms with van der Waals surface area (Å²) in [5.41, 5.74) is -0.123. The molecule has 0 aliphatic heterocycles. The van der Waals surface area contributed by atoms with E-state index in [4.69, 9.17) is 10.7 Å². The maximum absolute atomic E-state index is 13.3. The number of hydrogen-bond donors (Lipinski definition) is 1. The number of thiophene rings is 1. The number of halogens is 2. The largest absolute Gasteiger partial charge is 0.347 e. The minimum atomic E-state index is -3.77. The van der Waals surface area contributed by atoms with Gasteiger partial charge in [-0.05, 0) is 18.2 Å². The second-order valence-corrected chi connectivity index (χ2v) is 7.66. The first kappa shape index (κ1) is 14.9. The highest BCUT2D eigenvalue weighted by Gasteiger charge is 2.15. The van der Waals surface area contributed by atoms with Crippen molar-refractivity contribution < 1.29 is 17.6 Å². The van der Waals surface area contributed by atoms with E-state index >= 15 is 0 Å². The molecule has 2 heterocycles. The van der Waals surface area contributed by atoms with Crippen LogP contribution in [-0.2, 0) is 15.6 Å². The highest BCUT2D eigenvalue weighted by atomic mass is 35.7. The van der Waals surface area contributed by atoms with E-state index in [2.05, 4.69) is 10.3 Å². The third-order valence-corrected chi connectivity index (χ3v) is 5.50. The average Bonchev–Trinajstić information content (AvgIpc) is 2.85. The molecule has 1 amide bonds. The predicted molar refractivity (Wildman–Crippen MR) is 72.7 cm³/mol. The Labute approximate surface area is 122 Å². The van der Waals surface area contributed by atoms with Crippen molar-refractivity contribution in [1.29, 1.82) is 0 Å². The van der Waals surface area contributed by atoms with Gasteiger partial charge in [0.15, 0.2) is 5.82 Å². The van der Waals surface area contributed by atoms with Gasteiger partial charge in [-0.15, -0.1) is 11.3 Å². The lowest BCUT2D eigenvalue weighted by Gasteiger charge is -2.04. The van der Waals surface area contributed by atoms with Crippen LogP contribution in [0.1, 0.15) is 15.2 Å². The second-order valence-electron chi connectivity index (χ2n) is 3.70. The van der Waals surface area contributed by atoms with Gasteiger partial charge in [0, 0.05) is 21.8 Å². The van der Waals surface area contributed by atoms with E-state index in [1.54, 1.807) is 0 Å². The average molecular weight is 335 g/mol. The van der Waals surface area contributed by atoms with Crippen LogP contribution in [0.4, 0.5) is 4.39 Å². The topological polar surface area (TPSA) is 76.1 Å². The van der Waals surface area contributed by atoms with Crippen molar-refractivity contribution in [2.45, 2.75) is 10.8 Å². The van der Waals surface area contributed by atoms with Gasteiger partial charge in [-0.2, -0.15) is 0 Å². The van der Waals surface area contributed by atoms with Gasteiger partial charge >= 0.3 is 0 Å². The Kier molecular flexibility index (Phi) is 4.36. The molecule has 2 aromatic rings. The monoisotopic (exact) mass is 334 g/mol. The maximum atomic E-state index is 13.3. The molecule has 20 heavy (non-hydrogen) atoms. The standard InChI is InChI=1S/C11H8ClFN2O3S2/c12-20(17,18)10-2-1-7(19-10)5-15-11(16)8-3-4-14-6-9(8)13/h1-4,6H,5H2,(H,15,16). The summed E-state index contributed by atoms with van der Waals surface area (Å²) in [7, 11) is 1.42. The molecule has 106 valence electrons. The van der Waals surface area contributed by atoms with E-state index in [1.165, 1.54) is 24.4 Å². The molecule has 0 unspecified atom stereocenters. The molecule has 2 rings (SSSR count). The molecule has 0 saturated heterocycles. The van der Waals surface area contributed by atoms with Gasteiger partial charge in [0.25, 0.3) is 15.0 Å². The van der Waals surface area contributed by atoms with Gasteiger partial charge in [-0.1, -0.05) is 0 Å². The molecular weight excluding hydrogens is 327 g/mol. The fourth-order valence-electron chi connectivity index (χ4n) is 1.41. The summed E-state index contributed by atoms with van der Waals surface area (Å²) in [4.78, 5) is 15.9. The number of pyridine rings is 1. The minimum absolute atomic E-state index is 0.00138. The molecular formula is C11H8ClFN2O3S2. The molecule has 0 aromatic carbocycles. The van der Waals surface area contributed by atoms with E-state index in [-0.39, 0.29) is 16.3 Å². The maximum Gasteiger partial charge on any atom is 0.270 e. The van der Waals surface area contributed by atoms with Crippen LogP contribution in [0.5, 0.6) is 0 Å². The van der Waals surface area contributed by atoms with Crippen LogP contribution in [0.25, 0.3) is 0 Å². The molecule has 0 spiro atoms. The van der Waals surface area contributed by atoms with E-state index in [1.807, 2.05) is 0 Å². The molecule has 0 aliphatic carbocycles. The number of amides is 1. The molecule has 0 bridgehead atoms. The summed E-state index contributed by atoms with van der Waals surface area (Å²) in [5, 5.41) is 2.49. The van der Waals surface area contributed by atoms with Crippen LogP contribution in [0.15, 0.2) is 34.8 Å². The number of nitrogens with one attached hydrogen (secondary N) is 1. The van der Waals surface area contributed by atoms with Crippen LogP contribution in [0.3, 0.4) is 0 Å². The number of hydrogen-bond acceptors (Lipinski definition) is 5. The van der Waals surface area contributed by atoms with Gasteiger partial charge in [-0.3, -0.25) is 9.78 Å². The number of rotatable bonds is 4. The lowest BCUT2D eigenvalue weighted by Crippen LogP contribution is -2.23. The third kappa shape index (κ3) is 3.53. The SMILES string of the molecule is O=C(NCc1ccc(S(=O)(=O)Cl)s1)c1ccncc1F. The van der Waals surface area contributed by atoms with Crippen LogP contribution >= 0.6 is 22.0 Å². The quantitative estimate of drug-likeness (QED) is 0.869. The predicted octanol–water partition coefficient (Wildman–Crippen LogP) is 2.14. The van der Waals surface area contributed by atoms with E-state index < -0.39 is 20.8 Å². The summed E-state index contributed by atoms with van der Waals surface area (Å²) in [6.45, 7) is 0.0810. The Balaban J connectivity index is 2.04. The van der Waals surface area contributed by atoms with Crippen molar-refractivity contribution in [3.63, 3.8) is 0 Å². The van der Waals surface area contributed by atoms with Crippen molar-refractivity contribution in [1.82, 2.24) is 10.3 Å². The zero-order valence-electron chi connectivity index (χ0n) is 9.84. The number of nitrogens with zero attached hydrogens (tertiary/aromatic N) is 1. The third-order valence-electron chi connectivity index (χ3n) is 2.32. The summed E-state index contributed by atoms with van der Waals surface area (Å²) < 4.78 is 35.5. The Morgan fingerprint density at radius 3 is 2.75 bits per heavy atom. The van der Waals surface area contributed by atoms with E-state index in [9.17, 15) is 17.6 Å². The summed E-state index contributed by atoms with van der Waals surface area (Å²) in [6, 6.07) is 4.14. The number of carbonyl (C=O) groups excluding carboxylic acids is 1. The molecule has 0 saturated carbocycles. The summed E-state index contributed by atoms with van der Waals surface area (Å²) in [6.07, 6.45) is 2.25. The smallest absolute Gasteiger partial charge is 0.270 e. The zero-order chi connectivity index (χ0) is 14.8. The Morgan fingerprint density at radius 1 is 1.40 bits per heavy atom. The first-order chi connectivity index (χ1) is 9.38. The fourth-order valence-corrected chi connectivity index (χ4v) is 3.47. The molecule has 9 heteroatoms. The zero-order valence-corrected chi connectivity index (χ0v) is 12.2. The van der Waals surface area contributed by atoms with Gasteiger partial charge in [0.05, 0.1) is 18.3 Å². The summed E-state index contributed by atoms with van der Waals surface area (Å²) in [5.74, 6) is -1.33. The first-order valence-corrected chi connectivity index (χ1v) is 8.41. The van der Waals surface area contributed by atoms with E-state index in [0.29, 0.717) is 4.88 Å². The Bertz CT molecular complexity index is 746. The van der Waals surface area contributed by atoms with Crippen LogP contribution < -0.4 is 5.32 Å². The van der Waals surface area contributed by atoms with Crippen LogP contribution in [-0.4, -0.2) is 19.3 Å². The van der Waals surface area contributed by atoms with Gasteiger partial charge in [-0.25, -0.2) is 12.8 Å². The highest BCUT2D eigenvalue weighted by Crippen LogP contribution is 2.24. The van der Waals surface area contributed by atoms with E-state index in [0.717, 1.165) is 17.5 Å².